The van der Waals surface area contributed by atoms with Crippen LogP contribution in [0.4, 0.5) is 0 Å². The van der Waals surface area contributed by atoms with E-state index in [9.17, 15) is 15.0 Å². The summed E-state index contributed by atoms with van der Waals surface area (Å²) in [5.41, 5.74) is 0. The molecular formula is C20H40NO3+. The fraction of sp³-hybridized carbons (Fsp3) is 0.850. The van der Waals surface area contributed by atoms with Gasteiger partial charge < -0.3 is 14.7 Å². The number of allylic oxidation sites excluding steroid dienone is 2. The maximum atomic E-state index is 11.5. The summed E-state index contributed by atoms with van der Waals surface area (Å²) in [6.45, 7) is 8.87. The quantitative estimate of drug-likeness (QED) is 0.249. The molecule has 24 heavy (non-hydrogen) atoms. The Morgan fingerprint density at radius 1 is 1.00 bits per heavy atom. The van der Waals surface area contributed by atoms with Crippen LogP contribution in [-0.2, 0) is 4.79 Å². The number of hydrogen-bond donors (Lipinski definition) is 2. The minimum Gasteiger partial charge on any atom is -0.477 e. The van der Waals surface area contributed by atoms with Crippen molar-refractivity contribution >= 4 is 5.97 Å². The lowest BCUT2D eigenvalue weighted by Crippen LogP contribution is -2.56. The second-order valence-electron chi connectivity index (χ2n) is 7.05. The monoisotopic (exact) mass is 342 g/mol. The Morgan fingerprint density at radius 2 is 1.58 bits per heavy atom. The molecule has 0 aromatic rings. The topological polar surface area (TPSA) is 57.5 Å². The molecule has 1 unspecified atom stereocenters. The average Bonchev–Trinajstić information content (AvgIpc) is 2.51. The fourth-order valence-corrected chi connectivity index (χ4v) is 3.31. The van der Waals surface area contributed by atoms with Crippen LogP contribution in [0.15, 0.2) is 12.2 Å². The third-order valence-electron chi connectivity index (χ3n) is 4.61. The number of unbranched alkanes of at least 4 members (excludes halogenated alkanes) is 4. The highest BCUT2D eigenvalue weighted by Gasteiger charge is 2.32. The third kappa shape index (κ3) is 11.6. The molecule has 142 valence electrons. The molecule has 0 aliphatic carbocycles. The van der Waals surface area contributed by atoms with Crippen molar-refractivity contribution in [1.29, 1.82) is 0 Å². The van der Waals surface area contributed by atoms with Crippen molar-refractivity contribution in [2.24, 2.45) is 0 Å². The number of aliphatic carboxylic acids is 1. The van der Waals surface area contributed by atoms with Crippen LogP contribution in [0, 0.1) is 0 Å². The molecule has 0 spiro atoms. The van der Waals surface area contributed by atoms with E-state index in [4.69, 9.17) is 0 Å². The minimum atomic E-state index is -0.749. The van der Waals surface area contributed by atoms with Gasteiger partial charge in [-0.15, -0.1) is 0 Å². The van der Waals surface area contributed by atoms with Crippen LogP contribution in [0.1, 0.15) is 78.6 Å². The van der Waals surface area contributed by atoms with Crippen molar-refractivity contribution in [1.82, 2.24) is 0 Å². The summed E-state index contributed by atoms with van der Waals surface area (Å²) in [5, 5.41) is 19.9. The van der Waals surface area contributed by atoms with Crippen molar-refractivity contribution < 1.29 is 19.5 Å². The van der Waals surface area contributed by atoms with Crippen molar-refractivity contribution in [2.75, 3.05) is 26.2 Å². The molecule has 0 rings (SSSR count). The molecule has 1 atom stereocenters. The molecule has 2 N–H and O–H groups in total. The van der Waals surface area contributed by atoms with Gasteiger partial charge in [0.15, 0.2) is 6.54 Å². The van der Waals surface area contributed by atoms with Gasteiger partial charge in [0.2, 0.25) is 0 Å². The van der Waals surface area contributed by atoms with E-state index in [1.54, 1.807) is 0 Å². The number of aliphatic hydroxyl groups is 1. The zero-order valence-electron chi connectivity index (χ0n) is 16.2. The maximum absolute atomic E-state index is 11.5. The number of quaternary nitrogens is 1. The minimum absolute atomic E-state index is 0.134. The first kappa shape index (κ1) is 23.1. The third-order valence-corrected chi connectivity index (χ3v) is 4.61. The number of aliphatic hydroxyl groups excluding tert-OH is 1. The number of nitrogens with zero attached hydrogens (tertiary/aromatic N) is 1. The van der Waals surface area contributed by atoms with Gasteiger partial charge in [-0.05, 0) is 44.9 Å². The SMILES string of the molecule is CC/C=C/CCC(O)C[N+](CCCCC)(CCCCC)CC(=O)O. The Morgan fingerprint density at radius 3 is 2.04 bits per heavy atom. The number of carboxylic acids is 1. The predicted molar refractivity (Wildman–Crippen MR) is 101 cm³/mol. The lowest BCUT2D eigenvalue weighted by atomic mass is 10.1. The van der Waals surface area contributed by atoms with E-state index in [2.05, 4.69) is 32.9 Å². The Hall–Kier alpha value is -0.870. The van der Waals surface area contributed by atoms with Crippen LogP contribution >= 0.6 is 0 Å². The molecule has 0 radical (unpaired) electrons. The number of hydrogen-bond acceptors (Lipinski definition) is 2. The van der Waals surface area contributed by atoms with E-state index in [1.807, 2.05) is 0 Å². The van der Waals surface area contributed by atoms with E-state index in [1.165, 1.54) is 0 Å². The molecule has 0 bridgehead atoms. The standard InChI is InChI=1S/C20H39NO3/c1-4-7-10-11-14-19(22)17-21(18-20(23)24,15-12-8-5-2)16-13-9-6-3/h7,10,19,22H,4-6,8-9,11-18H2,1-3H3/p+1/b10-7+. The fourth-order valence-electron chi connectivity index (χ4n) is 3.31. The molecule has 0 aliphatic heterocycles. The van der Waals surface area contributed by atoms with E-state index in [-0.39, 0.29) is 6.54 Å². The summed E-state index contributed by atoms with van der Waals surface area (Å²) in [4.78, 5) is 11.5. The second-order valence-corrected chi connectivity index (χ2v) is 7.05. The van der Waals surface area contributed by atoms with Crippen LogP contribution in [0.2, 0.25) is 0 Å². The van der Waals surface area contributed by atoms with E-state index < -0.39 is 12.1 Å². The van der Waals surface area contributed by atoms with Crippen LogP contribution < -0.4 is 0 Å². The summed E-state index contributed by atoms with van der Waals surface area (Å²) >= 11 is 0. The summed E-state index contributed by atoms with van der Waals surface area (Å²) in [6.07, 6.45) is 13.0. The first-order valence-corrected chi connectivity index (χ1v) is 9.89. The molecule has 4 nitrogen and oxygen atoms in total. The molecule has 4 heteroatoms. The smallest absolute Gasteiger partial charge is 0.359 e. The Labute approximate surface area is 149 Å². The summed E-state index contributed by atoms with van der Waals surface area (Å²) < 4.78 is 0.536. The zero-order chi connectivity index (χ0) is 18.3. The first-order valence-electron chi connectivity index (χ1n) is 9.89. The zero-order valence-corrected chi connectivity index (χ0v) is 16.2. The van der Waals surface area contributed by atoms with Crippen molar-refractivity contribution in [3.8, 4) is 0 Å². The molecule has 0 aromatic heterocycles. The van der Waals surface area contributed by atoms with Crippen LogP contribution in [0.3, 0.4) is 0 Å². The number of carbonyl (C=O) groups is 1. The summed E-state index contributed by atoms with van der Waals surface area (Å²) in [5.74, 6) is -0.749. The molecule has 0 amide bonds. The highest BCUT2D eigenvalue weighted by Crippen LogP contribution is 2.17. The number of rotatable bonds is 16. The van der Waals surface area contributed by atoms with E-state index in [0.29, 0.717) is 11.0 Å². The second kappa shape index (κ2) is 14.5. The largest absolute Gasteiger partial charge is 0.477 e. The van der Waals surface area contributed by atoms with Gasteiger partial charge >= 0.3 is 5.97 Å². The van der Waals surface area contributed by atoms with Gasteiger partial charge in [-0.25, -0.2) is 4.79 Å². The molecular weight excluding hydrogens is 302 g/mol. The first-order chi connectivity index (χ1) is 11.5. The number of carboxylic acid groups (broad SMARTS) is 1. The molecule has 0 saturated carbocycles. The molecule has 0 heterocycles. The molecule has 0 fully saturated rings. The highest BCUT2D eigenvalue weighted by molar-refractivity contribution is 5.67. The van der Waals surface area contributed by atoms with Crippen LogP contribution in [0.5, 0.6) is 0 Å². The van der Waals surface area contributed by atoms with E-state index in [0.717, 1.165) is 70.9 Å². The van der Waals surface area contributed by atoms with Gasteiger partial charge in [-0.3, -0.25) is 0 Å². The lowest BCUT2D eigenvalue weighted by Gasteiger charge is -2.39. The van der Waals surface area contributed by atoms with Crippen molar-refractivity contribution in [3.05, 3.63) is 12.2 Å². The Kier molecular flexibility index (Phi) is 13.9. The van der Waals surface area contributed by atoms with Gasteiger partial charge in [0, 0.05) is 0 Å². The maximum Gasteiger partial charge on any atom is 0.359 e. The summed E-state index contributed by atoms with van der Waals surface area (Å²) in [7, 11) is 0. The van der Waals surface area contributed by atoms with Gasteiger partial charge in [0.05, 0.1) is 13.1 Å². The highest BCUT2D eigenvalue weighted by atomic mass is 16.4. The molecule has 0 aromatic carbocycles. The van der Waals surface area contributed by atoms with Gasteiger partial charge in [0.25, 0.3) is 0 Å². The lowest BCUT2D eigenvalue weighted by molar-refractivity contribution is -0.924. The van der Waals surface area contributed by atoms with Crippen molar-refractivity contribution in [3.63, 3.8) is 0 Å². The van der Waals surface area contributed by atoms with Crippen molar-refractivity contribution in [2.45, 2.75) is 84.7 Å². The van der Waals surface area contributed by atoms with E-state index >= 15 is 0 Å². The molecule has 0 aliphatic rings. The summed E-state index contributed by atoms with van der Waals surface area (Å²) in [6, 6.07) is 0. The van der Waals surface area contributed by atoms with Gasteiger partial charge in [-0.2, -0.15) is 0 Å². The normalized spacial score (nSPS) is 13.5. The van der Waals surface area contributed by atoms with Crippen LogP contribution in [0.25, 0.3) is 0 Å². The Balaban J connectivity index is 4.84. The average molecular weight is 343 g/mol. The van der Waals surface area contributed by atoms with Gasteiger partial charge in [-0.1, -0.05) is 45.8 Å². The van der Waals surface area contributed by atoms with Gasteiger partial charge in [0.1, 0.15) is 12.6 Å². The predicted octanol–water partition coefficient (Wildman–Crippen LogP) is 4.38. The van der Waals surface area contributed by atoms with Crippen LogP contribution in [-0.4, -0.2) is 52.9 Å². The Bertz CT molecular complexity index is 332. The molecule has 0 saturated heterocycles.